The number of hydrogen-bond donors (Lipinski definition) is 1. The first kappa shape index (κ1) is 21.2. The molecule has 0 unspecified atom stereocenters. The number of hydrogen-bond acceptors (Lipinski definition) is 4. The fourth-order valence-corrected chi connectivity index (χ4v) is 4.51. The number of morpholine rings is 1. The third-order valence-corrected chi connectivity index (χ3v) is 6.34. The molecule has 1 saturated heterocycles. The van der Waals surface area contributed by atoms with E-state index in [1.54, 1.807) is 0 Å². The van der Waals surface area contributed by atoms with E-state index in [1.807, 2.05) is 67.2 Å². The van der Waals surface area contributed by atoms with Crippen molar-refractivity contribution in [2.75, 3.05) is 31.2 Å². The maximum Gasteiger partial charge on any atom is 0.251 e. The molecule has 1 aromatic heterocycles. The lowest BCUT2D eigenvalue weighted by Gasteiger charge is -2.29. The zero-order chi connectivity index (χ0) is 22.8. The molecular weight excluding hydrogens is 412 g/mol. The van der Waals surface area contributed by atoms with Gasteiger partial charge in [-0.3, -0.25) is 4.79 Å². The van der Waals surface area contributed by atoms with Gasteiger partial charge in [-0.05, 0) is 43.5 Å². The number of fused-ring (bicyclic) bond motifs is 1. The Hall–Kier alpha value is -3.64. The number of nitrogens with zero attached hydrogens (tertiary/aromatic N) is 3. The molecule has 0 radical (unpaired) electrons. The fraction of sp³-hybridized carbons (Fsp3) is 0.259. The van der Waals surface area contributed by atoms with Crippen LogP contribution in [0.25, 0.3) is 16.5 Å². The van der Waals surface area contributed by atoms with E-state index in [4.69, 9.17) is 4.74 Å². The molecule has 6 heteroatoms. The summed E-state index contributed by atoms with van der Waals surface area (Å²) in [6, 6.07) is 22.1. The molecule has 1 N–H and O–H groups in total. The van der Waals surface area contributed by atoms with Gasteiger partial charge in [0.15, 0.2) is 0 Å². The summed E-state index contributed by atoms with van der Waals surface area (Å²) in [6.07, 6.45) is 1.85. The minimum absolute atomic E-state index is 0.0880. The molecule has 0 aliphatic carbocycles. The maximum atomic E-state index is 13.0. The number of aromatic nitrogens is 2. The van der Waals surface area contributed by atoms with Crippen LogP contribution in [0.4, 0.5) is 5.69 Å². The second-order valence-electron chi connectivity index (χ2n) is 8.44. The first-order valence-corrected chi connectivity index (χ1v) is 11.4. The van der Waals surface area contributed by atoms with Gasteiger partial charge < -0.3 is 15.0 Å². The molecule has 1 amide bonds. The standard InChI is InChI=1S/C27H28N4O2/c1-19(29-27(32)22-9-5-10-23(17-22)30-13-15-33-16-14-30)25-18-28-31(20(25)2)26-12-6-8-21-7-3-4-11-24(21)26/h3-12,17-19H,13-16H2,1-2H3,(H,29,32)/t19-/m1/s1. The topological polar surface area (TPSA) is 59.4 Å². The Morgan fingerprint density at radius 3 is 2.64 bits per heavy atom. The lowest BCUT2D eigenvalue weighted by Crippen LogP contribution is -2.36. The second-order valence-corrected chi connectivity index (χ2v) is 8.44. The van der Waals surface area contributed by atoms with Crippen LogP contribution in [0.1, 0.15) is 34.6 Å². The highest BCUT2D eigenvalue weighted by atomic mass is 16.5. The summed E-state index contributed by atoms with van der Waals surface area (Å²) in [5.41, 5.74) is 4.76. The molecule has 0 saturated carbocycles. The Morgan fingerprint density at radius 2 is 1.79 bits per heavy atom. The average Bonchev–Trinajstić information content (AvgIpc) is 3.25. The van der Waals surface area contributed by atoms with Gasteiger partial charge in [-0.25, -0.2) is 4.68 Å². The van der Waals surface area contributed by atoms with Crippen molar-refractivity contribution in [1.29, 1.82) is 0 Å². The van der Waals surface area contributed by atoms with Crippen LogP contribution >= 0.6 is 0 Å². The first-order chi connectivity index (χ1) is 16.1. The van der Waals surface area contributed by atoms with Crippen LogP contribution < -0.4 is 10.2 Å². The normalized spacial score (nSPS) is 14.9. The number of carbonyl (C=O) groups is 1. The lowest BCUT2D eigenvalue weighted by atomic mass is 10.1. The van der Waals surface area contributed by atoms with Crippen molar-refractivity contribution in [3.8, 4) is 5.69 Å². The van der Waals surface area contributed by atoms with E-state index in [9.17, 15) is 4.79 Å². The number of anilines is 1. The molecule has 4 aromatic rings. The minimum atomic E-state index is -0.173. The Morgan fingerprint density at radius 1 is 1.03 bits per heavy atom. The predicted octanol–water partition coefficient (Wildman–Crippen LogP) is 4.66. The number of rotatable bonds is 5. The molecule has 1 aliphatic heterocycles. The number of carbonyl (C=O) groups excluding carboxylic acids is 1. The zero-order valence-electron chi connectivity index (χ0n) is 19.0. The summed E-state index contributed by atoms with van der Waals surface area (Å²) in [7, 11) is 0. The van der Waals surface area contributed by atoms with Crippen LogP contribution in [-0.4, -0.2) is 42.0 Å². The fourth-order valence-electron chi connectivity index (χ4n) is 4.51. The molecule has 5 rings (SSSR count). The van der Waals surface area contributed by atoms with Gasteiger partial charge in [-0.2, -0.15) is 5.10 Å². The molecule has 168 valence electrons. The van der Waals surface area contributed by atoms with Crippen LogP contribution in [0.3, 0.4) is 0 Å². The maximum absolute atomic E-state index is 13.0. The average molecular weight is 441 g/mol. The summed E-state index contributed by atoms with van der Waals surface area (Å²) < 4.78 is 7.40. The van der Waals surface area contributed by atoms with Crippen LogP contribution in [-0.2, 0) is 4.74 Å². The summed E-state index contributed by atoms with van der Waals surface area (Å²) >= 11 is 0. The Labute approximate surface area is 193 Å². The monoisotopic (exact) mass is 440 g/mol. The Balaban J connectivity index is 1.36. The molecule has 1 fully saturated rings. The molecular formula is C27H28N4O2. The van der Waals surface area contributed by atoms with Crippen LogP contribution in [0.5, 0.6) is 0 Å². The van der Waals surface area contributed by atoms with Gasteiger partial charge in [-0.1, -0.05) is 42.5 Å². The number of benzene rings is 3. The van der Waals surface area contributed by atoms with Gasteiger partial charge in [-0.15, -0.1) is 0 Å². The summed E-state index contributed by atoms with van der Waals surface area (Å²) in [4.78, 5) is 15.3. The Bertz CT molecular complexity index is 1290. The van der Waals surface area contributed by atoms with Crippen molar-refractivity contribution in [3.05, 3.63) is 89.7 Å². The number of ether oxygens (including phenoxy) is 1. The van der Waals surface area contributed by atoms with E-state index in [0.717, 1.165) is 41.1 Å². The lowest BCUT2D eigenvalue weighted by molar-refractivity contribution is 0.0940. The van der Waals surface area contributed by atoms with Crippen molar-refractivity contribution >= 4 is 22.4 Å². The highest BCUT2D eigenvalue weighted by Gasteiger charge is 2.19. The molecule has 1 aliphatic rings. The van der Waals surface area contributed by atoms with Gasteiger partial charge in [0.25, 0.3) is 5.91 Å². The second kappa shape index (κ2) is 9.08. The SMILES string of the molecule is Cc1c([C@@H](C)NC(=O)c2cccc(N3CCOCC3)c2)cnn1-c1cccc2ccccc12. The van der Waals surface area contributed by atoms with Gasteiger partial charge in [0, 0.05) is 41.0 Å². The van der Waals surface area contributed by atoms with E-state index >= 15 is 0 Å². The quantitative estimate of drug-likeness (QED) is 0.490. The van der Waals surface area contributed by atoms with Crippen molar-refractivity contribution < 1.29 is 9.53 Å². The van der Waals surface area contributed by atoms with Crippen LogP contribution in [0.15, 0.2) is 72.9 Å². The molecule has 3 aromatic carbocycles. The van der Waals surface area contributed by atoms with Crippen molar-refractivity contribution in [2.24, 2.45) is 0 Å². The summed E-state index contributed by atoms with van der Waals surface area (Å²) in [5.74, 6) is -0.0880. The van der Waals surface area contributed by atoms with E-state index < -0.39 is 0 Å². The first-order valence-electron chi connectivity index (χ1n) is 11.4. The van der Waals surface area contributed by atoms with E-state index in [2.05, 4.69) is 39.6 Å². The smallest absolute Gasteiger partial charge is 0.251 e. The molecule has 0 spiro atoms. The van der Waals surface area contributed by atoms with Crippen LogP contribution in [0.2, 0.25) is 0 Å². The number of nitrogens with one attached hydrogen (secondary N) is 1. The van der Waals surface area contributed by atoms with E-state index in [-0.39, 0.29) is 11.9 Å². The van der Waals surface area contributed by atoms with Gasteiger partial charge >= 0.3 is 0 Å². The van der Waals surface area contributed by atoms with Crippen molar-refractivity contribution in [2.45, 2.75) is 19.9 Å². The van der Waals surface area contributed by atoms with E-state index in [1.165, 1.54) is 5.39 Å². The molecule has 6 nitrogen and oxygen atoms in total. The molecule has 0 bridgehead atoms. The molecule has 2 heterocycles. The van der Waals surface area contributed by atoms with Gasteiger partial charge in [0.05, 0.1) is 31.1 Å². The van der Waals surface area contributed by atoms with Gasteiger partial charge in [0.2, 0.25) is 0 Å². The third-order valence-electron chi connectivity index (χ3n) is 6.34. The highest BCUT2D eigenvalue weighted by Crippen LogP contribution is 2.26. The van der Waals surface area contributed by atoms with Crippen LogP contribution in [0, 0.1) is 6.92 Å². The zero-order valence-corrected chi connectivity index (χ0v) is 19.0. The third kappa shape index (κ3) is 4.22. The Kier molecular flexibility index (Phi) is 5.84. The minimum Gasteiger partial charge on any atom is -0.378 e. The van der Waals surface area contributed by atoms with Crippen molar-refractivity contribution in [1.82, 2.24) is 15.1 Å². The molecule has 33 heavy (non-hydrogen) atoms. The summed E-state index contributed by atoms with van der Waals surface area (Å²) in [5, 5.41) is 10.1. The summed E-state index contributed by atoms with van der Waals surface area (Å²) in [6.45, 7) is 7.16. The predicted molar refractivity (Wildman–Crippen MR) is 131 cm³/mol. The largest absolute Gasteiger partial charge is 0.378 e. The number of amides is 1. The van der Waals surface area contributed by atoms with Crippen molar-refractivity contribution in [3.63, 3.8) is 0 Å². The molecule has 1 atom stereocenters. The van der Waals surface area contributed by atoms with E-state index in [0.29, 0.717) is 18.8 Å². The highest BCUT2D eigenvalue weighted by molar-refractivity contribution is 5.95. The van der Waals surface area contributed by atoms with Gasteiger partial charge in [0.1, 0.15) is 0 Å².